The van der Waals surface area contributed by atoms with Crippen molar-refractivity contribution in [1.82, 2.24) is 5.32 Å². The van der Waals surface area contributed by atoms with Crippen LogP contribution in [0.15, 0.2) is 75.8 Å². The summed E-state index contributed by atoms with van der Waals surface area (Å²) in [6, 6.07) is 19.0. The molecule has 1 heterocycles. The van der Waals surface area contributed by atoms with Crippen LogP contribution in [-0.4, -0.2) is 12.5 Å². The largest absolute Gasteiger partial charge is 0.484 e. The van der Waals surface area contributed by atoms with Crippen molar-refractivity contribution in [3.05, 3.63) is 88.3 Å². The summed E-state index contributed by atoms with van der Waals surface area (Å²) in [6.45, 7) is 1.33. The smallest absolute Gasteiger partial charge is 0.258 e. The van der Waals surface area contributed by atoms with Crippen LogP contribution in [-0.2, 0) is 29.3 Å². The van der Waals surface area contributed by atoms with Crippen molar-refractivity contribution in [2.75, 3.05) is 6.61 Å². The lowest BCUT2D eigenvalue weighted by Gasteiger charge is -2.09. The summed E-state index contributed by atoms with van der Waals surface area (Å²) < 4.78 is 17.3. The number of furan rings is 1. The molecule has 0 fully saturated rings. The van der Waals surface area contributed by atoms with Crippen LogP contribution < -0.4 is 10.1 Å². The van der Waals surface area contributed by atoms with Gasteiger partial charge in [-0.1, -0.05) is 40.2 Å². The summed E-state index contributed by atoms with van der Waals surface area (Å²) in [7, 11) is 0. The van der Waals surface area contributed by atoms with E-state index in [0.29, 0.717) is 25.5 Å². The minimum atomic E-state index is -0.169. The normalized spacial score (nSPS) is 10.6. The Bertz CT molecular complexity index is 847. The lowest BCUT2D eigenvalue weighted by atomic mass is 10.1. The zero-order valence-electron chi connectivity index (χ0n) is 14.7. The van der Waals surface area contributed by atoms with Crippen molar-refractivity contribution in [3.63, 3.8) is 0 Å². The molecule has 0 spiro atoms. The Labute approximate surface area is 166 Å². The predicted octanol–water partition coefficient (Wildman–Crippen LogP) is 4.45. The molecule has 5 nitrogen and oxygen atoms in total. The highest BCUT2D eigenvalue weighted by atomic mass is 79.9. The lowest BCUT2D eigenvalue weighted by molar-refractivity contribution is -0.123. The van der Waals surface area contributed by atoms with Gasteiger partial charge in [-0.3, -0.25) is 4.79 Å². The molecule has 1 amide bonds. The average Bonchev–Trinajstić information content (AvgIpc) is 3.20. The number of ether oxygens (including phenoxy) is 2. The fourth-order valence-electron chi connectivity index (χ4n) is 2.42. The van der Waals surface area contributed by atoms with Gasteiger partial charge in [-0.2, -0.15) is 0 Å². The van der Waals surface area contributed by atoms with Gasteiger partial charge in [0, 0.05) is 11.0 Å². The lowest BCUT2D eigenvalue weighted by Crippen LogP contribution is -2.28. The summed E-state index contributed by atoms with van der Waals surface area (Å²) in [6.07, 6.45) is 1.63. The third kappa shape index (κ3) is 6.58. The van der Waals surface area contributed by atoms with E-state index in [0.717, 1.165) is 21.4 Å². The molecule has 0 bridgehead atoms. The molecule has 3 rings (SSSR count). The van der Waals surface area contributed by atoms with E-state index in [-0.39, 0.29) is 12.5 Å². The molecule has 0 saturated heterocycles. The maximum atomic E-state index is 12.0. The number of nitrogens with one attached hydrogen (secondary N) is 1. The topological polar surface area (TPSA) is 60.7 Å². The summed E-state index contributed by atoms with van der Waals surface area (Å²) in [5.74, 6) is 1.28. The third-order valence-corrected chi connectivity index (χ3v) is 4.29. The zero-order valence-corrected chi connectivity index (χ0v) is 16.3. The first kappa shape index (κ1) is 19.2. The van der Waals surface area contributed by atoms with E-state index < -0.39 is 0 Å². The van der Waals surface area contributed by atoms with Gasteiger partial charge >= 0.3 is 0 Å². The maximum absolute atomic E-state index is 12.0. The number of hydrogen-bond acceptors (Lipinski definition) is 4. The Morgan fingerprint density at radius 3 is 2.59 bits per heavy atom. The van der Waals surface area contributed by atoms with Gasteiger partial charge < -0.3 is 19.2 Å². The van der Waals surface area contributed by atoms with E-state index in [4.69, 9.17) is 13.9 Å². The first-order chi connectivity index (χ1) is 13.2. The summed E-state index contributed by atoms with van der Waals surface area (Å²) in [5, 5.41) is 2.86. The molecule has 0 unspecified atom stereocenters. The molecule has 0 radical (unpaired) electrons. The Hall–Kier alpha value is -2.57. The second-order valence-corrected chi connectivity index (χ2v) is 6.83. The summed E-state index contributed by atoms with van der Waals surface area (Å²) >= 11 is 3.36. The van der Waals surface area contributed by atoms with E-state index >= 15 is 0 Å². The first-order valence-electron chi connectivity index (χ1n) is 8.52. The van der Waals surface area contributed by atoms with Crippen LogP contribution in [0.25, 0.3) is 0 Å². The molecule has 1 aromatic heterocycles. The monoisotopic (exact) mass is 429 g/mol. The third-order valence-electron chi connectivity index (χ3n) is 3.76. The number of carbonyl (C=O) groups is 1. The van der Waals surface area contributed by atoms with Crippen LogP contribution in [0, 0.1) is 0 Å². The number of hydrogen-bond donors (Lipinski definition) is 1. The molecule has 2 aromatic carbocycles. The molecule has 6 heteroatoms. The molecule has 3 aromatic rings. The number of carbonyl (C=O) groups excluding carboxylic acids is 1. The van der Waals surface area contributed by atoms with E-state index in [2.05, 4.69) is 21.2 Å². The van der Waals surface area contributed by atoms with E-state index in [1.165, 1.54) is 0 Å². The van der Waals surface area contributed by atoms with Crippen molar-refractivity contribution in [1.29, 1.82) is 0 Å². The second kappa shape index (κ2) is 9.94. The first-order valence-corrected chi connectivity index (χ1v) is 9.31. The summed E-state index contributed by atoms with van der Waals surface area (Å²) in [4.78, 5) is 12.0. The van der Waals surface area contributed by atoms with Gasteiger partial charge in [0.15, 0.2) is 6.61 Å². The molecule has 27 heavy (non-hydrogen) atoms. The van der Waals surface area contributed by atoms with Gasteiger partial charge in [-0.15, -0.1) is 0 Å². The highest BCUT2D eigenvalue weighted by Gasteiger charge is 2.04. The van der Waals surface area contributed by atoms with Gasteiger partial charge in [0.25, 0.3) is 5.91 Å². The van der Waals surface area contributed by atoms with Gasteiger partial charge in [0.2, 0.25) is 0 Å². The van der Waals surface area contributed by atoms with Crippen molar-refractivity contribution < 1.29 is 18.7 Å². The average molecular weight is 430 g/mol. The molecular weight excluding hydrogens is 410 g/mol. The predicted molar refractivity (Wildman–Crippen MR) is 105 cm³/mol. The fourth-order valence-corrected chi connectivity index (χ4v) is 2.69. The van der Waals surface area contributed by atoms with Crippen molar-refractivity contribution in [2.24, 2.45) is 0 Å². The molecule has 1 N–H and O–H groups in total. The Morgan fingerprint density at radius 2 is 1.81 bits per heavy atom. The van der Waals surface area contributed by atoms with E-state index in [1.54, 1.807) is 6.26 Å². The number of amides is 1. The zero-order chi connectivity index (χ0) is 18.9. The van der Waals surface area contributed by atoms with Crippen LogP contribution in [0.2, 0.25) is 0 Å². The Morgan fingerprint density at radius 1 is 1.00 bits per heavy atom. The molecule has 0 aliphatic rings. The molecule has 0 atom stereocenters. The van der Waals surface area contributed by atoms with Gasteiger partial charge in [-0.05, 0) is 47.5 Å². The van der Waals surface area contributed by atoms with Crippen LogP contribution in [0.5, 0.6) is 5.75 Å². The minimum absolute atomic E-state index is 0.0203. The highest BCUT2D eigenvalue weighted by Crippen LogP contribution is 2.16. The number of halogens is 1. The van der Waals surface area contributed by atoms with Crippen molar-refractivity contribution in [3.8, 4) is 5.75 Å². The SMILES string of the molecule is O=C(COc1ccc(Br)cc1)NCc1cccc(COCc2ccco2)c1. The van der Waals surface area contributed by atoms with Crippen molar-refractivity contribution >= 4 is 21.8 Å². The van der Waals surface area contributed by atoms with Gasteiger partial charge in [0.05, 0.1) is 12.9 Å². The summed E-state index contributed by atoms with van der Waals surface area (Å²) in [5.41, 5.74) is 2.05. The minimum Gasteiger partial charge on any atom is -0.484 e. The van der Waals surface area contributed by atoms with Crippen LogP contribution in [0.4, 0.5) is 0 Å². The van der Waals surface area contributed by atoms with Crippen LogP contribution in [0.3, 0.4) is 0 Å². The van der Waals surface area contributed by atoms with Crippen LogP contribution >= 0.6 is 15.9 Å². The molecule has 0 saturated carbocycles. The Balaban J connectivity index is 1.40. The maximum Gasteiger partial charge on any atom is 0.258 e. The molecular formula is C21H20BrNO4. The number of benzene rings is 2. The van der Waals surface area contributed by atoms with Crippen molar-refractivity contribution in [2.45, 2.75) is 19.8 Å². The molecule has 140 valence electrons. The molecule has 0 aliphatic carbocycles. The van der Waals surface area contributed by atoms with Crippen LogP contribution in [0.1, 0.15) is 16.9 Å². The second-order valence-electron chi connectivity index (χ2n) is 5.91. The quantitative estimate of drug-likeness (QED) is 0.545. The Kier molecular flexibility index (Phi) is 7.07. The van der Waals surface area contributed by atoms with E-state index in [1.807, 2.05) is 60.7 Å². The molecule has 0 aliphatic heterocycles. The standard InChI is InChI=1S/C21H20BrNO4/c22-18-6-8-19(9-7-18)27-15-21(24)23-12-16-3-1-4-17(11-16)13-25-14-20-5-2-10-26-20/h1-11H,12-15H2,(H,23,24). The number of rotatable bonds is 9. The highest BCUT2D eigenvalue weighted by molar-refractivity contribution is 9.10. The van der Waals surface area contributed by atoms with Gasteiger partial charge in [0.1, 0.15) is 18.1 Å². The fraction of sp³-hybridized carbons (Fsp3) is 0.190. The van der Waals surface area contributed by atoms with Gasteiger partial charge in [-0.25, -0.2) is 0 Å². The van der Waals surface area contributed by atoms with E-state index in [9.17, 15) is 4.79 Å².